The number of carbonyl (C=O) groups excluding carboxylic acids is 4. The van der Waals surface area contributed by atoms with Gasteiger partial charge in [-0.15, -0.1) is 0 Å². The number of carboxylic acid groups (broad SMARTS) is 1. The van der Waals surface area contributed by atoms with Gasteiger partial charge in [0.1, 0.15) is 11.5 Å². The van der Waals surface area contributed by atoms with E-state index in [-0.39, 0.29) is 23.8 Å². The lowest BCUT2D eigenvalue weighted by atomic mass is 9.50. The molecule has 6 rings (SSSR count). The first kappa shape index (κ1) is 29.5. The first-order chi connectivity index (χ1) is 21.0. The number of nitrogens with zero attached hydrogens (tertiary/aromatic N) is 1. The molecule has 0 radical (unpaired) electrons. The topological polar surface area (TPSA) is 166 Å². The van der Waals surface area contributed by atoms with Crippen molar-refractivity contribution in [1.29, 1.82) is 0 Å². The Balaban J connectivity index is 1.33. The van der Waals surface area contributed by atoms with Crippen molar-refractivity contribution in [3.05, 3.63) is 76.6 Å². The first-order valence-electron chi connectivity index (χ1n) is 14.3. The van der Waals surface area contributed by atoms with Crippen LogP contribution in [0.2, 0.25) is 0 Å². The highest BCUT2D eigenvalue weighted by Gasteiger charge is 2.72. The molecule has 0 amide bonds. The predicted octanol–water partition coefficient (Wildman–Crippen LogP) is 2.01. The van der Waals surface area contributed by atoms with Gasteiger partial charge in [-0.2, -0.15) is 0 Å². The Morgan fingerprint density at radius 2 is 1.89 bits per heavy atom. The van der Waals surface area contributed by atoms with Crippen molar-refractivity contribution in [2.75, 3.05) is 13.6 Å². The molecule has 12 heteroatoms. The number of aldehydes is 1. The lowest BCUT2D eigenvalue weighted by Gasteiger charge is -2.61. The van der Waals surface area contributed by atoms with Gasteiger partial charge in [-0.3, -0.25) is 14.4 Å². The van der Waals surface area contributed by atoms with Crippen LogP contribution in [-0.2, 0) is 45.2 Å². The minimum atomic E-state index is -1.81. The van der Waals surface area contributed by atoms with Gasteiger partial charge in [-0.05, 0) is 44.1 Å². The zero-order valence-corrected chi connectivity index (χ0v) is 24.1. The minimum absolute atomic E-state index is 0.115. The van der Waals surface area contributed by atoms with Crippen molar-refractivity contribution in [3.63, 3.8) is 0 Å². The Kier molecular flexibility index (Phi) is 7.29. The summed E-state index contributed by atoms with van der Waals surface area (Å²) in [7, 11) is 1.96. The number of aliphatic hydroxyl groups is 1. The van der Waals surface area contributed by atoms with Crippen LogP contribution >= 0.6 is 0 Å². The van der Waals surface area contributed by atoms with E-state index in [1.807, 2.05) is 13.1 Å². The molecule has 0 saturated carbocycles. The van der Waals surface area contributed by atoms with E-state index >= 15 is 0 Å². The van der Waals surface area contributed by atoms with Gasteiger partial charge in [0.2, 0.25) is 12.2 Å². The molecule has 230 valence electrons. The third-order valence-corrected chi connectivity index (χ3v) is 9.25. The van der Waals surface area contributed by atoms with Crippen molar-refractivity contribution < 1.29 is 53.1 Å². The molecule has 2 aliphatic carbocycles. The first-order valence-corrected chi connectivity index (χ1v) is 14.3. The summed E-state index contributed by atoms with van der Waals surface area (Å²) >= 11 is 0. The Hall–Kier alpha value is -4.55. The second-order valence-corrected chi connectivity index (χ2v) is 11.6. The van der Waals surface area contributed by atoms with Gasteiger partial charge in [0.05, 0.1) is 23.0 Å². The Bertz CT molecular complexity index is 1590. The van der Waals surface area contributed by atoms with Crippen LogP contribution in [0.3, 0.4) is 0 Å². The zero-order valence-electron chi connectivity index (χ0n) is 24.1. The SMILES string of the molecule is CC(=O)O[C@@H](CC(=O)O[C@H](C(=O)OC1=CC[C@@]2(O)[C@H]3Cc4ccc(C=O)c5c4[C@@]2(CCN3C)[C@H]1O5)c1ccccc1)C(=O)O. The normalized spacial score (nSPS) is 27.5. The maximum Gasteiger partial charge on any atom is 0.357 e. The van der Waals surface area contributed by atoms with Gasteiger partial charge in [0, 0.05) is 30.5 Å². The number of hydrogen-bond acceptors (Lipinski definition) is 11. The molecule has 0 unspecified atom stereocenters. The van der Waals surface area contributed by atoms with E-state index in [1.54, 1.807) is 42.5 Å². The van der Waals surface area contributed by atoms with Crippen LogP contribution in [0.5, 0.6) is 5.75 Å². The number of hydrogen-bond donors (Lipinski definition) is 2. The van der Waals surface area contributed by atoms with Crippen molar-refractivity contribution >= 4 is 30.2 Å². The summed E-state index contributed by atoms with van der Waals surface area (Å²) in [5, 5.41) is 21.7. The fraction of sp³-hybridized carbons (Fsp3) is 0.406. The Labute approximate surface area is 252 Å². The summed E-state index contributed by atoms with van der Waals surface area (Å²) < 4.78 is 22.5. The van der Waals surface area contributed by atoms with Crippen LogP contribution in [0.1, 0.15) is 59.3 Å². The average molecular weight is 606 g/mol. The maximum atomic E-state index is 13.8. The molecule has 2 bridgehead atoms. The third-order valence-electron chi connectivity index (χ3n) is 9.25. The van der Waals surface area contributed by atoms with Gasteiger partial charge >= 0.3 is 23.9 Å². The summed E-state index contributed by atoms with van der Waals surface area (Å²) in [5.41, 5.74) is 0.0438. The van der Waals surface area contributed by atoms with E-state index in [4.69, 9.17) is 18.9 Å². The molecule has 4 aliphatic rings. The molecule has 2 N–H and O–H groups in total. The van der Waals surface area contributed by atoms with Gasteiger partial charge in [0.25, 0.3) is 0 Å². The average Bonchev–Trinajstić information content (AvgIpc) is 3.35. The van der Waals surface area contributed by atoms with Gasteiger partial charge in [-0.1, -0.05) is 36.4 Å². The molecule has 44 heavy (non-hydrogen) atoms. The Morgan fingerprint density at radius 3 is 2.57 bits per heavy atom. The summed E-state index contributed by atoms with van der Waals surface area (Å²) in [4.78, 5) is 63.6. The third kappa shape index (κ3) is 4.47. The number of likely N-dealkylation sites (N-methyl/N-ethyl adjacent to an activating group) is 1. The number of rotatable bonds is 9. The number of likely N-dealkylation sites (tertiary alicyclic amines) is 1. The van der Waals surface area contributed by atoms with Gasteiger partial charge in [0.15, 0.2) is 12.4 Å². The number of carbonyl (C=O) groups is 5. The van der Waals surface area contributed by atoms with Crippen molar-refractivity contribution in [2.24, 2.45) is 0 Å². The summed E-state index contributed by atoms with van der Waals surface area (Å²) in [5.74, 6) is -4.05. The van der Waals surface area contributed by atoms with Crippen molar-refractivity contribution in [2.45, 2.75) is 68.0 Å². The van der Waals surface area contributed by atoms with Crippen LogP contribution < -0.4 is 4.74 Å². The molecule has 1 saturated heterocycles. The van der Waals surface area contributed by atoms with E-state index < -0.39 is 59.6 Å². The molecule has 1 fully saturated rings. The monoisotopic (exact) mass is 605 g/mol. The van der Waals surface area contributed by atoms with E-state index in [0.29, 0.717) is 37.0 Å². The fourth-order valence-electron chi connectivity index (χ4n) is 7.33. The van der Waals surface area contributed by atoms with Crippen molar-refractivity contribution in [1.82, 2.24) is 4.90 Å². The summed E-state index contributed by atoms with van der Waals surface area (Å²) in [6.45, 7) is 1.64. The Morgan fingerprint density at radius 1 is 1.14 bits per heavy atom. The number of carboxylic acids is 1. The highest BCUT2D eigenvalue weighted by atomic mass is 16.6. The van der Waals surface area contributed by atoms with Crippen LogP contribution in [0, 0.1) is 0 Å². The molecular formula is C32H31NO11. The molecule has 2 aliphatic heterocycles. The molecular weight excluding hydrogens is 574 g/mol. The molecule has 2 aromatic carbocycles. The lowest BCUT2D eigenvalue weighted by Crippen LogP contribution is -2.74. The second-order valence-electron chi connectivity index (χ2n) is 11.6. The number of benzene rings is 2. The molecule has 12 nitrogen and oxygen atoms in total. The smallest absolute Gasteiger partial charge is 0.357 e. The molecule has 2 aromatic rings. The van der Waals surface area contributed by atoms with Crippen molar-refractivity contribution in [3.8, 4) is 5.75 Å². The fourth-order valence-corrected chi connectivity index (χ4v) is 7.33. The van der Waals surface area contributed by atoms with Gasteiger partial charge in [-0.25, -0.2) is 9.59 Å². The number of piperidine rings is 1. The highest BCUT2D eigenvalue weighted by Crippen LogP contribution is 2.64. The van der Waals surface area contributed by atoms with Crippen LogP contribution in [0.25, 0.3) is 0 Å². The lowest BCUT2D eigenvalue weighted by molar-refractivity contribution is -0.178. The second kappa shape index (κ2) is 10.9. The number of esters is 3. The maximum absolute atomic E-state index is 13.8. The van der Waals surface area contributed by atoms with E-state index in [9.17, 15) is 34.2 Å². The number of ether oxygens (including phenoxy) is 4. The summed E-state index contributed by atoms with van der Waals surface area (Å²) in [6.07, 6.45) is -1.70. The molecule has 2 heterocycles. The highest BCUT2D eigenvalue weighted by molar-refractivity contribution is 5.86. The van der Waals surface area contributed by atoms with Crippen LogP contribution in [0.4, 0.5) is 0 Å². The molecule has 6 atom stereocenters. The zero-order chi connectivity index (χ0) is 31.4. The largest absolute Gasteiger partial charge is 0.480 e. The van der Waals surface area contributed by atoms with E-state index in [0.717, 1.165) is 18.1 Å². The summed E-state index contributed by atoms with van der Waals surface area (Å²) in [6, 6.07) is 11.4. The standard InChI is InChI=1S/C32H31NO11/c1-17(35)41-22(29(37)38)15-24(36)43-27(18-6-4-3-5-7-18)30(39)42-21-10-11-32(40)23-14-19-8-9-20(16-34)26-25(19)31(32,28(21)44-26)12-13-33(23)2/h3-10,16,22-23,27-28,40H,11-15H2,1-2H3,(H,37,38)/t22-,23+,27-,28-,31-,32+/m0/s1. The van der Waals surface area contributed by atoms with Crippen LogP contribution in [-0.4, -0.2) is 82.7 Å². The van der Waals surface area contributed by atoms with E-state index in [2.05, 4.69) is 4.90 Å². The van der Waals surface area contributed by atoms with Gasteiger partial charge < -0.3 is 34.1 Å². The minimum Gasteiger partial charge on any atom is -0.480 e. The van der Waals surface area contributed by atoms with E-state index in [1.165, 1.54) is 0 Å². The van der Waals surface area contributed by atoms with Crippen LogP contribution in [0.15, 0.2) is 54.3 Å². The molecule has 1 spiro atoms. The molecule has 0 aromatic heterocycles. The number of aliphatic carboxylic acids is 1. The quantitative estimate of drug-likeness (QED) is 0.243. The predicted molar refractivity (Wildman–Crippen MR) is 149 cm³/mol.